The summed E-state index contributed by atoms with van der Waals surface area (Å²) in [5.41, 5.74) is 6.89. The summed E-state index contributed by atoms with van der Waals surface area (Å²) in [6, 6.07) is 8.84. The zero-order chi connectivity index (χ0) is 15.4. The molecule has 1 unspecified atom stereocenters. The molecule has 6 heteroatoms. The largest absolute Gasteiger partial charge is 0.397 e. The van der Waals surface area contributed by atoms with Crippen molar-refractivity contribution in [3.05, 3.63) is 45.6 Å². The average Bonchev–Trinajstić information content (AvgIpc) is 2.93. The number of nitrogens with two attached hydrogens (primary N) is 1. The minimum absolute atomic E-state index is 0.0944. The molecule has 1 aromatic carbocycles. The van der Waals surface area contributed by atoms with Crippen LogP contribution in [-0.4, -0.2) is 23.9 Å². The monoisotopic (exact) mass is 323 g/mol. The molecule has 4 nitrogen and oxygen atoms in total. The topological polar surface area (TPSA) is 58.4 Å². The van der Waals surface area contributed by atoms with E-state index in [-0.39, 0.29) is 11.9 Å². The summed E-state index contributed by atoms with van der Waals surface area (Å²) >= 11 is 7.53. The van der Waals surface area contributed by atoms with Crippen molar-refractivity contribution in [2.24, 2.45) is 0 Å². The van der Waals surface area contributed by atoms with Crippen LogP contribution in [-0.2, 0) is 11.3 Å². The van der Waals surface area contributed by atoms with Crippen molar-refractivity contribution >= 4 is 40.2 Å². The number of likely N-dealkylation sites (N-methyl/N-ethyl adjacent to an activating group) is 1. The summed E-state index contributed by atoms with van der Waals surface area (Å²) in [5.74, 6) is -0.0944. The van der Waals surface area contributed by atoms with Crippen LogP contribution >= 0.6 is 22.9 Å². The number of anilines is 2. The van der Waals surface area contributed by atoms with Gasteiger partial charge in [0.2, 0.25) is 5.91 Å². The maximum atomic E-state index is 12.3. The number of nitrogens with one attached hydrogen (secondary N) is 1. The Balaban J connectivity index is 1.98. The standard InChI is InChI=1S/C15H18ClN3OS/c1-10(19(2)9-12-4-3-7-21-12)15(20)18-14-6-5-11(16)8-13(14)17/h3-8,10H,9,17H2,1-2H3,(H,18,20). The van der Waals surface area contributed by atoms with E-state index in [9.17, 15) is 4.79 Å². The van der Waals surface area contributed by atoms with Crippen LogP contribution in [0.15, 0.2) is 35.7 Å². The molecule has 112 valence electrons. The number of rotatable bonds is 5. The second kappa shape index (κ2) is 6.93. The Morgan fingerprint density at radius 1 is 1.48 bits per heavy atom. The molecule has 2 aromatic rings. The first-order valence-corrected chi connectivity index (χ1v) is 7.81. The Morgan fingerprint density at radius 3 is 2.86 bits per heavy atom. The number of carbonyl (C=O) groups excluding carboxylic acids is 1. The second-order valence-corrected chi connectivity index (χ2v) is 6.36. The van der Waals surface area contributed by atoms with Gasteiger partial charge in [-0.3, -0.25) is 9.69 Å². The fourth-order valence-corrected chi connectivity index (χ4v) is 2.82. The third-order valence-corrected chi connectivity index (χ3v) is 4.39. The van der Waals surface area contributed by atoms with Crippen LogP contribution in [0, 0.1) is 0 Å². The van der Waals surface area contributed by atoms with Gasteiger partial charge >= 0.3 is 0 Å². The number of amides is 1. The molecule has 1 heterocycles. The Labute approximate surface area is 133 Å². The van der Waals surface area contributed by atoms with Crippen molar-refractivity contribution in [2.45, 2.75) is 19.5 Å². The molecule has 0 bridgehead atoms. The van der Waals surface area contributed by atoms with Gasteiger partial charge in [0, 0.05) is 16.4 Å². The molecule has 0 radical (unpaired) electrons. The van der Waals surface area contributed by atoms with Crippen molar-refractivity contribution < 1.29 is 4.79 Å². The highest BCUT2D eigenvalue weighted by atomic mass is 35.5. The highest BCUT2D eigenvalue weighted by molar-refractivity contribution is 7.09. The molecule has 0 saturated carbocycles. The highest BCUT2D eigenvalue weighted by Gasteiger charge is 2.19. The molecule has 0 aliphatic rings. The van der Waals surface area contributed by atoms with E-state index in [0.29, 0.717) is 16.4 Å². The number of halogens is 1. The molecular weight excluding hydrogens is 306 g/mol. The molecule has 0 saturated heterocycles. The van der Waals surface area contributed by atoms with Gasteiger partial charge in [-0.2, -0.15) is 0 Å². The smallest absolute Gasteiger partial charge is 0.241 e. The first kappa shape index (κ1) is 15.8. The minimum atomic E-state index is -0.262. The van der Waals surface area contributed by atoms with Crippen molar-refractivity contribution in [2.75, 3.05) is 18.1 Å². The third-order valence-electron chi connectivity index (χ3n) is 3.30. The van der Waals surface area contributed by atoms with Crippen LogP contribution in [0.1, 0.15) is 11.8 Å². The average molecular weight is 324 g/mol. The van der Waals surface area contributed by atoms with Crippen LogP contribution in [0.3, 0.4) is 0 Å². The van der Waals surface area contributed by atoms with Crippen LogP contribution in [0.25, 0.3) is 0 Å². The maximum absolute atomic E-state index is 12.3. The SMILES string of the molecule is CC(C(=O)Nc1ccc(Cl)cc1N)N(C)Cc1cccs1. The van der Waals surface area contributed by atoms with Gasteiger partial charge in [0.25, 0.3) is 0 Å². The lowest BCUT2D eigenvalue weighted by Crippen LogP contribution is -2.39. The van der Waals surface area contributed by atoms with Crippen molar-refractivity contribution in [3.63, 3.8) is 0 Å². The Hall–Kier alpha value is -1.56. The molecule has 1 amide bonds. The number of benzene rings is 1. The molecule has 2 rings (SSSR count). The number of nitrogen functional groups attached to an aromatic ring is 1. The van der Waals surface area contributed by atoms with Crippen LogP contribution in [0.2, 0.25) is 5.02 Å². The first-order valence-electron chi connectivity index (χ1n) is 6.56. The van der Waals surface area contributed by atoms with Gasteiger partial charge in [-0.25, -0.2) is 0 Å². The summed E-state index contributed by atoms with van der Waals surface area (Å²) in [7, 11) is 1.93. The van der Waals surface area contributed by atoms with Gasteiger partial charge in [0.1, 0.15) is 0 Å². The Bertz CT molecular complexity index is 615. The summed E-state index contributed by atoms with van der Waals surface area (Å²) in [4.78, 5) is 15.5. The first-order chi connectivity index (χ1) is 9.97. The highest BCUT2D eigenvalue weighted by Crippen LogP contribution is 2.23. The number of thiophene rings is 1. The zero-order valence-corrected chi connectivity index (χ0v) is 13.5. The van der Waals surface area contributed by atoms with Crippen LogP contribution < -0.4 is 11.1 Å². The zero-order valence-electron chi connectivity index (χ0n) is 12.0. The normalized spacial score (nSPS) is 12.4. The van der Waals surface area contributed by atoms with Crippen molar-refractivity contribution in [1.82, 2.24) is 4.90 Å². The van der Waals surface area contributed by atoms with E-state index in [0.717, 1.165) is 6.54 Å². The van der Waals surface area contributed by atoms with E-state index in [1.165, 1.54) is 4.88 Å². The van der Waals surface area contributed by atoms with E-state index < -0.39 is 0 Å². The number of hydrogen-bond donors (Lipinski definition) is 2. The van der Waals surface area contributed by atoms with Gasteiger partial charge in [0.05, 0.1) is 17.4 Å². The number of nitrogens with zero attached hydrogens (tertiary/aromatic N) is 1. The van der Waals surface area contributed by atoms with Crippen molar-refractivity contribution in [3.8, 4) is 0 Å². The van der Waals surface area contributed by atoms with Gasteiger partial charge in [0.15, 0.2) is 0 Å². The summed E-state index contributed by atoms with van der Waals surface area (Å²) in [6.07, 6.45) is 0. The van der Waals surface area contributed by atoms with Gasteiger partial charge in [-0.15, -0.1) is 11.3 Å². The number of carbonyl (C=O) groups is 1. The Morgan fingerprint density at radius 2 is 2.24 bits per heavy atom. The molecule has 1 atom stereocenters. The fraction of sp³-hybridized carbons (Fsp3) is 0.267. The quantitative estimate of drug-likeness (QED) is 0.829. The maximum Gasteiger partial charge on any atom is 0.241 e. The van der Waals surface area contributed by atoms with E-state index in [4.69, 9.17) is 17.3 Å². The number of hydrogen-bond acceptors (Lipinski definition) is 4. The molecule has 0 spiro atoms. The molecule has 21 heavy (non-hydrogen) atoms. The van der Waals surface area contributed by atoms with E-state index in [1.807, 2.05) is 30.3 Å². The van der Waals surface area contributed by atoms with Crippen LogP contribution in [0.4, 0.5) is 11.4 Å². The minimum Gasteiger partial charge on any atom is -0.397 e. The Kier molecular flexibility index (Phi) is 5.22. The third kappa shape index (κ3) is 4.20. The van der Waals surface area contributed by atoms with Gasteiger partial charge in [-0.1, -0.05) is 17.7 Å². The summed E-state index contributed by atoms with van der Waals surface area (Å²) in [6.45, 7) is 2.61. The summed E-state index contributed by atoms with van der Waals surface area (Å²) < 4.78 is 0. The lowest BCUT2D eigenvalue weighted by atomic mass is 10.2. The lowest BCUT2D eigenvalue weighted by molar-refractivity contribution is -0.120. The molecule has 0 aliphatic heterocycles. The molecule has 0 fully saturated rings. The van der Waals surface area contributed by atoms with E-state index in [1.54, 1.807) is 29.5 Å². The van der Waals surface area contributed by atoms with Gasteiger partial charge < -0.3 is 11.1 Å². The summed E-state index contributed by atoms with van der Waals surface area (Å²) in [5, 5.41) is 5.42. The van der Waals surface area contributed by atoms with Crippen molar-refractivity contribution in [1.29, 1.82) is 0 Å². The predicted octanol–water partition coefficient (Wildman–Crippen LogP) is 3.44. The second-order valence-electron chi connectivity index (χ2n) is 4.89. The van der Waals surface area contributed by atoms with Gasteiger partial charge in [-0.05, 0) is 43.6 Å². The molecule has 3 N–H and O–H groups in total. The van der Waals surface area contributed by atoms with E-state index >= 15 is 0 Å². The molecule has 1 aromatic heterocycles. The molecular formula is C15H18ClN3OS. The molecule has 0 aliphatic carbocycles. The van der Waals surface area contributed by atoms with E-state index in [2.05, 4.69) is 11.4 Å². The lowest BCUT2D eigenvalue weighted by Gasteiger charge is -2.23. The van der Waals surface area contributed by atoms with Crippen LogP contribution in [0.5, 0.6) is 0 Å². The fourth-order valence-electron chi connectivity index (χ4n) is 1.87. The predicted molar refractivity (Wildman–Crippen MR) is 89.7 cm³/mol.